The summed E-state index contributed by atoms with van der Waals surface area (Å²) in [7, 11) is 1.51. The molecule has 0 aliphatic heterocycles. The van der Waals surface area contributed by atoms with Crippen LogP contribution in [-0.4, -0.2) is 40.5 Å². The molecular weight excluding hydrogens is 396 g/mol. The Bertz CT molecular complexity index is 1150. The van der Waals surface area contributed by atoms with Gasteiger partial charge in [-0.1, -0.05) is 56.3 Å². The molecule has 31 heavy (non-hydrogen) atoms. The molecule has 2 aromatic carbocycles. The van der Waals surface area contributed by atoms with E-state index in [0.717, 1.165) is 20.4 Å². The van der Waals surface area contributed by atoms with Gasteiger partial charge in [0, 0.05) is 13.7 Å². The lowest BCUT2D eigenvalue weighted by atomic mass is 10.0. The van der Waals surface area contributed by atoms with E-state index in [9.17, 15) is 14.4 Å². The first-order valence-electron chi connectivity index (χ1n) is 10.1. The zero-order valence-corrected chi connectivity index (χ0v) is 17.9. The van der Waals surface area contributed by atoms with Gasteiger partial charge in [0.2, 0.25) is 5.69 Å². The molecular formula is C23H26N4O4. The molecule has 162 valence electrons. The van der Waals surface area contributed by atoms with E-state index in [1.54, 1.807) is 12.1 Å². The van der Waals surface area contributed by atoms with Crippen LogP contribution in [0.1, 0.15) is 41.4 Å². The first kappa shape index (κ1) is 22.2. The van der Waals surface area contributed by atoms with Crippen molar-refractivity contribution in [1.82, 2.24) is 19.7 Å². The highest BCUT2D eigenvalue weighted by molar-refractivity contribution is 5.91. The molecule has 1 amide bonds. The molecule has 0 bridgehead atoms. The van der Waals surface area contributed by atoms with Gasteiger partial charge in [0.15, 0.2) is 0 Å². The SMILES string of the molecule is COCCNC(=O)c1nn(-c2ccc(C(C)C)cc2)c(=O)n(Cc2ccccc2)c1=O. The fraction of sp³-hybridized carbons (Fsp3) is 0.304. The number of methoxy groups -OCH3 is 1. The first-order valence-corrected chi connectivity index (χ1v) is 10.1. The second-order valence-corrected chi connectivity index (χ2v) is 7.41. The molecule has 1 aromatic heterocycles. The van der Waals surface area contributed by atoms with Crippen molar-refractivity contribution >= 4 is 5.91 Å². The van der Waals surface area contributed by atoms with Crippen molar-refractivity contribution in [2.45, 2.75) is 26.3 Å². The van der Waals surface area contributed by atoms with E-state index in [4.69, 9.17) is 4.74 Å². The molecule has 3 rings (SSSR count). The van der Waals surface area contributed by atoms with Gasteiger partial charge in [-0.2, -0.15) is 9.78 Å². The Hall–Kier alpha value is -3.52. The summed E-state index contributed by atoms with van der Waals surface area (Å²) in [5.41, 5.74) is 0.646. The van der Waals surface area contributed by atoms with Crippen LogP contribution in [0.3, 0.4) is 0 Å². The van der Waals surface area contributed by atoms with Crippen molar-refractivity contribution in [3.8, 4) is 5.69 Å². The zero-order chi connectivity index (χ0) is 22.4. The lowest BCUT2D eigenvalue weighted by Crippen LogP contribution is -2.46. The third-order valence-corrected chi connectivity index (χ3v) is 4.85. The second-order valence-electron chi connectivity index (χ2n) is 7.41. The molecule has 0 aliphatic carbocycles. The molecule has 0 saturated heterocycles. The Morgan fingerprint density at radius 3 is 2.35 bits per heavy atom. The van der Waals surface area contributed by atoms with Crippen molar-refractivity contribution in [2.24, 2.45) is 0 Å². The Morgan fingerprint density at radius 1 is 1.06 bits per heavy atom. The smallest absolute Gasteiger partial charge is 0.352 e. The number of benzene rings is 2. The molecule has 0 saturated carbocycles. The number of nitrogens with one attached hydrogen (secondary N) is 1. The van der Waals surface area contributed by atoms with E-state index in [2.05, 4.69) is 24.3 Å². The summed E-state index contributed by atoms with van der Waals surface area (Å²) < 4.78 is 7.06. The minimum absolute atomic E-state index is 0.0312. The van der Waals surface area contributed by atoms with E-state index in [1.807, 2.05) is 42.5 Å². The topological polar surface area (TPSA) is 95.2 Å². The number of hydrogen-bond donors (Lipinski definition) is 1. The molecule has 0 radical (unpaired) electrons. The number of ether oxygens (including phenoxy) is 1. The molecule has 8 nitrogen and oxygen atoms in total. The van der Waals surface area contributed by atoms with Crippen LogP contribution in [0, 0.1) is 0 Å². The van der Waals surface area contributed by atoms with Gasteiger partial charge in [-0.25, -0.2) is 4.79 Å². The maximum absolute atomic E-state index is 13.2. The summed E-state index contributed by atoms with van der Waals surface area (Å²) in [6.45, 7) is 4.69. The second kappa shape index (κ2) is 9.99. The van der Waals surface area contributed by atoms with E-state index in [-0.39, 0.29) is 18.8 Å². The predicted molar refractivity (Wildman–Crippen MR) is 118 cm³/mol. The summed E-state index contributed by atoms with van der Waals surface area (Å²) in [5.74, 6) is -0.329. The van der Waals surface area contributed by atoms with Crippen molar-refractivity contribution in [1.29, 1.82) is 0 Å². The molecule has 8 heteroatoms. The molecule has 1 N–H and O–H groups in total. The Balaban J connectivity index is 2.11. The lowest BCUT2D eigenvalue weighted by molar-refractivity contribution is 0.0927. The van der Waals surface area contributed by atoms with Gasteiger partial charge in [-0.3, -0.25) is 14.2 Å². The first-order chi connectivity index (χ1) is 14.9. The van der Waals surface area contributed by atoms with Gasteiger partial charge in [-0.15, -0.1) is 0 Å². The standard InChI is InChI=1S/C23H26N4O4/c1-16(2)18-9-11-19(12-10-18)27-23(30)26(15-17-7-5-4-6-8-17)22(29)20(25-27)21(28)24-13-14-31-3/h4-12,16H,13-15H2,1-3H3,(H,24,28). The highest BCUT2D eigenvalue weighted by atomic mass is 16.5. The minimum Gasteiger partial charge on any atom is -0.383 e. The number of carbonyl (C=O) groups excluding carboxylic acids is 1. The van der Waals surface area contributed by atoms with Crippen molar-refractivity contribution < 1.29 is 9.53 Å². The monoisotopic (exact) mass is 422 g/mol. The molecule has 1 heterocycles. The maximum atomic E-state index is 13.2. The summed E-state index contributed by atoms with van der Waals surface area (Å²) in [6, 6.07) is 16.4. The van der Waals surface area contributed by atoms with Gasteiger partial charge < -0.3 is 10.1 Å². The van der Waals surface area contributed by atoms with Crippen LogP contribution >= 0.6 is 0 Å². The molecule has 0 spiro atoms. The van der Waals surface area contributed by atoms with Crippen LogP contribution in [0.5, 0.6) is 0 Å². The van der Waals surface area contributed by atoms with Crippen LogP contribution in [0.25, 0.3) is 5.69 Å². The Kier molecular flexibility index (Phi) is 7.15. The van der Waals surface area contributed by atoms with Gasteiger partial charge in [0.1, 0.15) is 0 Å². The molecule has 0 fully saturated rings. The average molecular weight is 422 g/mol. The fourth-order valence-corrected chi connectivity index (χ4v) is 3.08. The number of amides is 1. The van der Waals surface area contributed by atoms with Crippen molar-refractivity contribution in [3.05, 3.63) is 92.3 Å². The predicted octanol–water partition coefficient (Wildman–Crippen LogP) is 1.94. The van der Waals surface area contributed by atoms with Gasteiger partial charge in [0.25, 0.3) is 11.5 Å². The Labute approximate surface area is 180 Å². The number of aromatic nitrogens is 3. The van der Waals surface area contributed by atoms with E-state index < -0.39 is 17.2 Å². The summed E-state index contributed by atoms with van der Waals surface area (Å²) in [5, 5.41) is 6.71. The zero-order valence-electron chi connectivity index (χ0n) is 17.9. The average Bonchev–Trinajstić information content (AvgIpc) is 2.77. The quantitative estimate of drug-likeness (QED) is 0.560. The van der Waals surface area contributed by atoms with E-state index >= 15 is 0 Å². The highest BCUT2D eigenvalue weighted by Crippen LogP contribution is 2.15. The highest BCUT2D eigenvalue weighted by Gasteiger charge is 2.20. The van der Waals surface area contributed by atoms with Gasteiger partial charge in [-0.05, 0) is 29.2 Å². The summed E-state index contributed by atoms with van der Waals surface area (Å²) in [6.07, 6.45) is 0. The third-order valence-electron chi connectivity index (χ3n) is 4.85. The van der Waals surface area contributed by atoms with Crippen LogP contribution in [0.2, 0.25) is 0 Å². The maximum Gasteiger partial charge on any atom is 0.352 e. The van der Waals surface area contributed by atoms with Crippen molar-refractivity contribution in [2.75, 3.05) is 20.3 Å². The molecule has 0 aliphatic rings. The van der Waals surface area contributed by atoms with E-state index in [1.165, 1.54) is 7.11 Å². The summed E-state index contributed by atoms with van der Waals surface area (Å²) >= 11 is 0. The lowest BCUT2D eigenvalue weighted by Gasteiger charge is -2.13. The Morgan fingerprint density at radius 2 is 1.74 bits per heavy atom. The van der Waals surface area contributed by atoms with Crippen LogP contribution in [-0.2, 0) is 11.3 Å². The molecule has 0 atom stereocenters. The van der Waals surface area contributed by atoms with Gasteiger partial charge in [0.05, 0.1) is 18.8 Å². The number of hydrogen-bond acceptors (Lipinski definition) is 5. The van der Waals surface area contributed by atoms with Crippen molar-refractivity contribution in [3.63, 3.8) is 0 Å². The fourth-order valence-electron chi connectivity index (χ4n) is 3.08. The number of rotatable bonds is 8. The van der Waals surface area contributed by atoms with Gasteiger partial charge >= 0.3 is 5.69 Å². The largest absolute Gasteiger partial charge is 0.383 e. The van der Waals surface area contributed by atoms with Crippen LogP contribution in [0.4, 0.5) is 0 Å². The summed E-state index contributed by atoms with van der Waals surface area (Å²) in [4.78, 5) is 38.8. The number of carbonyl (C=O) groups is 1. The third kappa shape index (κ3) is 5.16. The normalized spacial score (nSPS) is 11.0. The minimum atomic E-state index is -0.737. The molecule has 3 aromatic rings. The van der Waals surface area contributed by atoms with Crippen LogP contribution < -0.4 is 16.6 Å². The number of nitrogens with zero attached hydrogens (tertiary/aromatic N) is 3. The van der Waals surface area contributed by atoms with E-state index in [0.29, 0.717) is 18.2 Å². The molecule has 0 unspecified atom stereocenters. The van der Waals surface area contributed by atoms with Crippen LogP contribution in [0.15, 0.2) is 64.2 Å².